The number of carbonyl (C=O) groups is 1. The molecule has 2 aromatic rings. The molecule has 0 aliphatic carbocycles. The minimum absolute atomic E-state index is 0.0869. The quantitative estimate of drug-likeness (QED) is 0.625. The molecule has 2 rings (SSSR count). The van der Waals surface area contributed by atoms with Crippen molar-refractivity contribution in [2.45, 2.75) is 48.4 Å². The maximum Gasteiger partial charge on any atom is 0.243 e. The maximum atomic E-state index is 12.5. The summed E-state index contributed by atoms with van der Waals surface area (Å²) in [6.45, 7) is 5.83. The van der Waals surface area contributed by atoms with E-state index in [-0.39, 0.29) is 22.1 Å². The first-order valence-corrected chi connectivity index (χ1v) is 11.6. The maximum absolute atomic E-state index is 12.5. The predicted molar refractivity (Wildman–Crippen MR) is 115 cm³/mol. The van der Waals surface area contributed by atoms with Gasteiger partial charge in [0.25, 0.3) is 0 Å². The van der Waals surface area contributed by atoms with Gasteiger partial charge in [-0.1, -0.05) is 23.7 Å². The summed E-state index contributed by atoms with van der Waals surface area (Å²) in [5.41, 5.74) is 0.836. The van der Waals surface area contributed by atoms with Crippen molar-refractivity contribution in [3.63, 3.8) is 0 Å². The van der Waals surface area contributed by atoms with E-state index in [1.807, 2.05) is 32.9 Å². The molecule has 0 fully saturated rings. The molecule has 0 saturated carbocycles. The van der Waals surface area contributed by atoms with Gasteiger partial charge in [-0.25, -0.2) is 8.42 Å². The van der Waals surface area contributed by atoms with E-state index >= 15 is 0 Å². The summed E-state index contributed by atoms with van der Waals surface area (Å²) in [6.07, 6.45) is 0. The fourth-order valence-corrected chi connectivity index (χ4v) is 4.71. The lowest BCUT2D eigenvalue weighted by Gasteiger charge is -2.21. The van der Waals surface area contributed by atoms with Gasteiger partial charge in [-0.2, -0.15) is 4.31 Å². The van der Waals surface area contributed by atoms with Gasteiger partial charge in [0.05, 0.1) is 10.1 Å². The van der Waals surface area contributed by atoms with E-state index in [4.69, 9.17) is 11.6 Å². The number of sulfonamides is 1. The zero-order valence-electron chi connectivity index (χ0n) is 16.3. The highest BCUT2D eigenvalue weighted by Crippen LogP contribution is 2.25. The molecule has 2 aromatic carbocycles. The second-order valence-electron chi connectivity index (χ2n) is 6.69. The number of halogens is 1. The van der Waals surface area contributed by atoms with Crippen LogP contribution in [0, 0.1) is 0 Å². The minimum atomic E-state index is -3.50. The van der Waals surface area contributed by atoms with Crippen molar-refractivity contribution < 1.29 is 13.2 Å². The Morgan fingerprint density at radius 2 is 1.64 bits per heavy atom. The van der Waals surface area contributed by atoms with E-state index in [2.05, 4.69) is 5.32 Å². The molecule has 1 atom stereocenters. The standard InChI is InChI=1S/C20H25ClN2O3S2/c1-14(2)23(4)28(25,26)19-11-5-16(6-12-19)13-22-20(24)15(3)27-18-9-7-17(21)8-10-18/h5-12,14-15H,13H2,1-4H3,(H,22,24). The van der Waals surface area contributed by atoms with E-state index < -0.39 is 10.0 Å². The molecule has 1 N–H and O–H groups in total. The molecule has 152 valence electrons. The van der Waals surface area contributed by atoms with Crippen molar-refractivity contribution in [3.05, 3.63) is 59.1 Å². The molecule has 0 aliphatic heterocycles. The van der Waals surface area contributed by atoms with Crippen molar-refractivity contribution in [2.75, 3.05) is 7.05 Å². The van der Waals surface area contributed by atoms with Crippen LogP contribution in [0.25, 0.3) is 0 Å². The molecular weight excluding hydrogens is 416 g/mol. The van der Waals surface area contributed by atoms with Gasteiger partial charge >= 0.3 is 0 Å². The van der Waals surface area contributed by atoms with E-state index in [1.54, 1.807) is 43.4 Å². The largest absolute Gasteiger partial charge is 0.351 e. The first kappa shape index (κ1) is 22.7. The van der Waals surface area contributed by atoms with Crippen LogP contribution in [0.5, 0.6) is 0 Å². The molecule has 1 amide bonds. The Kier molecular flexibility index (Phi) is 7.95. The first-order valence-electron chi connectivity index (χ1n) is 8.88. The molecule has 0 saturated heterocycles. The Hall–Kier alpha value is -1.54. The van der Waals surface area contributed by atoms with Crippen molar-refractivity contribution >= 4 is 39.3 Å². The average molecular weight is 441 g/mol. The molecule has 0 bridgehead atoms. The van der Waals surface area contributed by atoms with Crippen molar-refractivity contribution in [3.8, 4) is 0 Å². The highest BCUT2D eigenvalue weighted by atomic mass is 35.5. The summed E-state index contributed by atoms with van der Waals surface area (Å²) in [5, 5.41) is 3.28. The Morgan fingerprint density at radius 1 is 1.07 bits per heavy atom. The lowest BCUT2D eigenvalue weighted by molar-refractivity contribution is -0.120. The molecule has 0 aromatic heterocycles. The summed E-state index contributed by atoms with van der Waals surface area (Å²) in [7, 11) is -1.94. The normalized spacial score (nSPS) is 13.0. The molecule has 1 unspecified atom stereocenters. The van der Waals surface area contributed by atoms with E-state index in [1.165, 1.54) is 16.1 Å². The third-order valence-electron chi connectivity index (χ3n) is 4.29. The van der Waals surface area contributed by atoms with Crippen LogP contribution in [0.2, 0.25) is 5.02 Å². The van der Waals surface area contributed by atoms with Gasteiger partial charge < -0.3 is 5.32 Å². The van der Waals surface area contributed by atoms with Gasteiger partial charge in [0.1, 0.15) is 0 Å². The molecule has 5 nitrogen and oxygen atoms in total. The average Bonchev–Trinajstić information content (AvgIpc) is 2.67. The third kappa shape index (κ3) is 5.98. The smallest absolute Gasteiger partial charge is 0.243 e. The van der Waals surface area contributed by atoms with Crippen LogP contribution >= 0.6 is 23.4 Å². The van der Waals surface area contributed by atoms with Gasteiger partial charge in [-0.15, -0.1) is 11.8 Å². The molecule has 0 spiro atoms. The third-order valence-corrected chi connectivity index (χ3v) is 7.70. The fraction of sp³-hybridized carbons (Fsp3) is 0.350. The van der Waals surface area contributed by atoms with E-state index in [0.717, 1.165) is 10.5 Å². The van der Waals surface area contributed by atoms with E-state index in [9.17, 15) is 13.2 Å². The molecule has 0 heterocycles. The van der Waals surface area contributed by atoms with Crippen LogP contribution in [0.15, 0.2) is 58.3 Å². The van der Waals surface area contributed by atoms with Crippen LogP contribution in [0.3, 0.4) is 0 Å². The van der Waals surface area contributed by atoms with Crippen molar-refractivity contribution in [2.24, 2.45) is 0 Å². The summed E-state index contributed by atoms with van der Waals surface area (Å²) < 4.78 is 26.3. The second-order valence-corrected chi connectivity index (χ2v) is 10.5. The number of carbonyl (C=O) groups excluding carboxylic acids is 1. The summed E-state index contributed by atoms with van der Waals surface area (Å²) >= 11 is 7.32. The molecule has 8 heteroatoms. The molecule has 0 aliphatic rings. The summed E-state index contributed by atoms with van der Waals surface area (Å²) in [5.74, 6) is -0.0869. The van der Waals surface area contributed by atoms with Gasteiger partial charge in [0, 0.05) is 29.6 Å². The number of benzene rings is 2. The van der Waals surface area contributed by atoms with Crippen molar-refractivity contribution in [1.29, 1.82) is 0 Å². The van der Waals surface area contributed by atoms with Crippen LogP contribution in [0.1, 0.15) is 26.3 Å². The van der Waals surface area contributed by atoms with Crippen LogP contribution in [-0.2, 0) is 21.4 Å². The number of amides is 1. The monoisotopic (exact) mass is 440 g/mol. The summed E-state index contributed by atoms with van der Waals surface area (Å²) in [6, 6.07) is 13.8. The van der Waals surface area contributed by atoms with E-state index in [0.29, 0.717) is 11.6 Å². The highest BCUT2D eigenvalue weighted by molar-refractivity contribution is 8.00. The fourth-order valence-electron chi connectivity index (χ4n) is 2.33. The van der Waals surface area contributed by atoms with Gasteiger partial charge in [-0.05, 0) is 62.7 Å². The van der Waals surface area contributed by atoms with Crippen LogP contribution in [0.4, 0.5) is 0 Å². The Bertz CT molecular complexity index is 898. The second kappa shape index (κ2) is 9.78. The lowest BCUT2D eigenvalue weighted by atomic mass is 10.2. The first-order chi connectivity index (χ1) is 13.1. The molecule has 28 heavy (non-hydrogen) atoms. The molecular formula is C20H25ClN2O3S2. The number of nitrogens with zero attached hydrogens (tertiary/aromatic N) is 1. The molecule has 0 radical (unpaired) electrons. The van der Waals surface area contributed by atoms with Crippen molar-refractivity contribution in [1.82, 2.24) is 9.62 Å². The van der Waals surface area contributed by atoms with Gasteiger partial charge in [0.2, 0.25) is 15.9 Å². The SMILES string of the molecule is CC(Sc1ccc(Cl)cc1)C(=O)NCc1ccc(S(=O)(=O)N(C)C(C)C)cc1. The van der Waals surface area contributed by atoms with Gasteiger partial charge in [0.15, 0.2) is 0 Å². The zero-order chi connectivity index (χ0) is 20.9. The Balaban J connectivity index is 1.93. The highest BCUT2D eigenvalue weighted by Gasteiger charge is 2.22. The number of thioether (sulfide) groups is 1. The Labute approximate surface area is 176 Å². The summed E-state index contributed by atoms with van der Waals surface area (Å²) in [4.78, 5) is 13.5. The van der Waals surface area contributed by atoms with Crippen LogP contribution < -0.4 is 5.32 Å². The lowest BCUT2D eigenvalue weighted by Crippen LogP contribution is -2.33. The number of rotatable bonds is 8. The number of hydrogen-bond donors (Lipinski definition) is 1. The van der Waals surface area contributed by atoms with Crippen LogP contribution in [-0.4, -0.2) is 37.0 Å². The predicted octanol–water partition coefficient (Wildman–Crippen LogP) is 4.17. The zero-order valence-corrected chi connectivity index (χ0v) is 18.7. The number of hydrogen-bond acceptors (Lipinski definition) is 4. The Morgan fingerprint density at radius 3 is 2.18 bits per heavy atom. The minimum Gasteiger partial charge on any atom is -0.351 e. The van der Waals surface area contributed by atoms with Gasteiger partial charge in [-0.3, -0.25) is 4.79 Å². The topological polar surface area (TPSA) is 66.5 Å². The number of nitrogens with one attached hydrogen (secondary N) is 1.